The third kappa shape index (κ3) is 6.40. The first-order valence-corrected chi connectivity index (χ1v) is 14.6. The number of imidazole rings is 2. The minimum absolute atomic E-state index is 0. The van der Waals surface area contributed by atoms with Crippen molar-refractivity contribution in [3.63, 3.8) is 0 Å². The summed E-state index contributed by atoms with van der Waals surface area (Å²) in [5.74, 6) is 5.63. The summed E-state index contributed by atoms with van der Waals surface area (Å²) in [4.78, 5) is 8.03. The smallest absolute Gasteiger partial charge is 0.244 e. The summed E-state index contributed by atoms with van der Waals surface area (Å²) in [5, 5.41) is 3.32. The van der Waals surface area contributed by atoms with E-state index in [-0.39, 0.29) is 12.4 Å². The molecular weight excluding hydrogens is 529 g/mol. The third-order valence-corrected chi connectivity index (χ3v) is 8.38. The van der Waals surface area contributed by atoms with E-state index in [0.717, 1.165) is 41.0 Å². The summed E-state index contributed by atoms with van der Waals surface area (Å²) < 4.78 is 24.4. The second kappa shape index (κ2) is 11.9. The lowest BCUT2D eigenvalue weighted by molar-refractivity contribution is -0.688. The van der Waals surface area contributed by atoms with E-state index in [1.54, 1.807) is 11.6 Å². The number of fused-ring (bicyclic) bond motifs is 1. The molecule has 39 heavy (non-hydrogen) atoms. The number of aromatic amines is 1. The highest BCUT2D eigenvalue weighted by atomic mass is 35.5. The maximum Gasteiger partial charge on any atom is 0.244 e. The molecule has 0 amide bonds. The van der Waals surface area contributed by atoms with Crippen LogP contribution < -0.4 is 22.1 Å². The van der Waals surface area contributed by atoms with Gasteiger partial charge >= 0.3 is 0 Å². The molecule has 6 rings (SSSR count). The van der Waals surface area contributed by atoms with Crippen LogP contribution in [0.5, 0.6) is 0 Å². The molecule has 0 saturated heterocycles. The Morgan fingerprint density at radius 2 is 1.54 bits per heavy atom. The van der Waals surface area contributed by atoms with Crippen LogP contribution in [0.3, 0.4) is 0 Å². The SMILES string of the molecule is O=P1(NCCCn2cc[n+](Cc3nc4ccccc4[nH]3)c2)C=C(c2ccccc2)OC(c2ccccc2)=C1.[Cl-]. The zero-order valence-corrected chi connectivity index (χ0v) is 22.9. The van der Waals surface area contributed by atoms with Crippen molar-refractivity contribution in [3.05, 3.63) is 132 Å². The van der Waals surface area contributed by atoms with E-state index in [4.69, 9.17) is 4.74 Å². The number of hydrogen-bond acceptors (Lipinski definition) is 3. The zero-order valence-electron chi connectivity index (χ0n) is 21.3. The van der Waals surface area contributed by atoms with Gasteiger partial charge in [0, 0.05) is 29.3 Å². The minimum Gasteiger partial charge on any atom is -1.00 e. The second-order valence-corrected chi connectivity index (χ2v) is 11.6. The summed E-state index contributed by atoms with van der Waals surface area (Å²) in [5.41, 5.74) is 3.82. The Morgan fingerprint density at radius 1 is 0.897 bits per heavy atom. The first kappa shape index (κ1) is 26.7. The second-order valence-electron chi connectivity index (χ2n) is 9.32. The van der Waals surface area contributed by atoms with Crippen molar-refractivity contribution in [2.24, 2.45) is 0 Å². The number of halogens is 1. The number of ether oxygens (including phenoxy) is 1. The number of benzene rings is 3. The van der Waals surface area contributed by atoms with Crippen molar-refractivity contribution < 1.29 is 26.3 Å². The Bertz CT molecular complexity index is 1570. The van der Waals surface area contributed by atoms with E-state index >= 15 is 0 Å². The van der Waals surface area contributed by atoms with E-state index in [2.05, 4.69) is 36.7 Å². The van der Waals surface area contributed by atoms with Gasteiger partial charge in [0.1, 0.15) is 36.3 Å². The molecule has 3 heterocycles. The van der Waals surface area contributed by atoms with Crippen LogP contribution in [-0.2, 0) is 22.4 Å². The molecular formula is C30H29ClN5O2P. The molecule has 9 heteroatoms. The molecule has 0 saturated carbocycles. The largest absolute Gasteiger partial charge is 1.00 e. The van der Waals surface area contributed by atoms with Crippen molar-refractivity contribution in [1.29, 1.82) is 0 Å². The van der Waals surface area contributed by atoms with Gasteiger partial charge in [0.25, 0.3) is 0 Å². The van der Waals surface area contributed by atoms with E-state index in [1.165, 1.54) is 0 Å². The van der Waals surface area contributed by atoms with Gasteiger partial charge < -0.3 is 22.1 Å². The molecule has 3 aromatic carbocycles. The molecule has 0 bridgehead atoms. The molecule has 0 unspecified atom stereocenters. The summed E-state index contributed by atoms with van der Waals surface area (Å²) >= 11 is 0. The van der Waals surface area contributed by atoms with Crippen molar-refractivity contribution in [2.45, 2.75) is 19.5 Å². The van der Waals surface area contributed by atoms with E-state index in [1.807, 2.05) is 91.1 Å². The van der Waals surface area contributed by atoms with Crippen LogP contribution in [0.2, 0.25) is 0 Å². The Labute approximate surface area is 233 Å². The normalized spacial score (nSPS) is 14.3. The average molecular weight is 558 g/mol. The first-order chi connectivity index (χ1) is 18.6. The lowest BCUT2D eigenvalue weighted by atomic mass is 10.2. The molecule has 2 N–H and O–H groups in total. The van der Waals surface area contributed by atoms with E-state index in [0.29, 0.717) is 24.6 Å². The van der Waals surface area contributed by atoms with Crippen molar-refractivity contribution in [1.82, 2.24) is 19.6 Å². The topological polar surface area (TPSA) is 75.8 Å². The standard InChI is InChI=1S/C30H29N5O2P.ClH/c36-38(21-28(24-10-3-1-4-11-24)37-29(22-38)25-12-5-2-6-13-25)31-16-9-17-34-18-19-35(23-34)20-30-32-26-14-7-8-15-27(26)33-30;/h1-8,10-15,18-19,21-23H,9,16-17,20H2,(H,31,36)(H,32,33);1H/q+1;/p-1. The highest BCUT2D eigenvalue weighted by Crippen LogP contribution is 2.53. The van der Waals surface area contributed by atoms with Crippen LogP contribution in [0.25, 0.3) is 22.6 Å². The number of hydrogen-bond donors (Lipinski definition) is 2. The summed E-state index contributed by atoms with van der Waals surface area (Å²) in [6.07, 6.45) is 7.00. The number of nitrogens with one attached hydrogen (secondary N) is 2. The number of H-pyrrole nitrogens is 1. The van der Waals surface area contributed by atoms with Gasteiger partial charge in [0.2, 0.25) is 6.33 Å². The number of para-hydroxylation sites is 2. The van der Waals surface area contributed by atoms with Gasteiger partial charge in [-0.3, -0.25) is 9.65 Å². The molecule has 0 aliphatic carbocycles. The lowest BCUT2D eigenvalue weighted by Gasteiger charge is -2.23. The average Bonchev–Trinajstić information content (AvgIpc) is 3.58. The predicted octanol–water partition coefficient (Wildman–Crippen LogP) is 2.99. The van der Waals surface area contributed by atoms with Crippen LogP contribution >= 0.6 is 7.29 Å². The summed E-state index contributed by atoms with van der Waals surface area (Å²) in [7, 11) is -2.96. The molecule has 0 spiro atoms. The minimum atomic E-state index is -2.96. The number of rotatable bonds is 9. The molecule has 0 atom stereocenters. The Morgan fingerprint density at radius 3 is 2.21 bits per heavy atom. The van der Waals surface area contributed by atoms with Crippen LogP contribution in [-0.4, -0.2) is 21.1 Å². The first-order valence-electron chi connectivity index (χ1n) is 12.7. The highest BCUT2D eigenvalue weighted by molar-refractivity contribution is 7.68. The van der Waals surface area contributed by atoms with Crippen molar-refractivity contribution >= 4 is 29.8 Å². The number of aromatic nitrogens is 4. The van der Waals surface area contributed by atoms with Crippen LogP contribution in [0, 0.1) is 0 Å². The predicted molar refractivity (Wildman–Crippen MR) is 150 cm³/mol. The molecule has 0 fully saturated rings. The van der Waals surface area contributed by atoms with Crippen molar-refractivity contribution in [2.75, 3.05) is 6.54 Å². The fraction of sp³-hybridized carbons (Fsp3) is 0.133. The summed E-state index contributed by atoms with van der Waals surface area (Å²) in [6, 6.07) is 27.7. The van der Waals surface area contributed by atoms with E-state index in [9.17, 15) is 4.57 Å². The molecule has 2 aromatic heterocycles. The Kier molecular flexibility index (Phi) is 8.13. The maximum atomic E-state index is 13.9. The zero-order chi connectivity index (χ0) is 25.8. The molecule has 1 aliphatic rings. The monoisotopic (exact) mass is 557 g/mol. The Balaban J connectivity index is 0.00000308. The van der Waals surface area contributed by atoms with Crippen molar-refractivity contribution in [3.8, 4) is 0 Å². The van der Waals surface area contributed by atoms with Gasteiger partial charge in [-0.05, 0) is 18.6 Å². The van der Waals surface area contributed by atoms with Crippen LogP contribution in [0.4, 0.5) is 0 Å². The lowest BCUT2D eigenvalue weighted by Crippen LogP contribution is -3.00. The maximum absolute atomic E-state index is 13.9. The molecule has 5 aromatic rings. The van der Waals surface area contributed by atoms with Gasteiger partial charge in [0.15, 0.2) is 7.29 Å². The number of nitrogens with zero attached hydrogens (tertiary/aromatic N) is 3. The van der Waals surface area contributed by atoms with Gasteiger partial charge in [0.05, 0.1) is 17.6 Å². The quantitative estimate of drug-likeness (QED) is 0.166. The number of aryl methyl sites for hydroxylation is 1. The summed E-state index contributed by atoms with van der Waals surface area (Å²) in [6.45, 7) is 2.09. The van der Waals surface area contributed by atoms with E-state index < -0.39 is 7.29 Å². The van der Waals surface area contributed by atoms with Gasteiger partial charge in [-0.1, -0.05) is 72.8 Å². The van der Waals surface area contributed by atoms with Gasteiger partial charge in [-0.25, -0.2) is 14.1 Å². The third-order valence-electron chi connectivity index (χ3n) is 6.42. The molecule has 7 nitrogen and oxygen atoms in total. The molecule has 0 radical (unpaired) electrons. The fourth-order valence-corrected chi connectivity index (χ4v) is 6.42. The highest BCUT2D eigenvalue weighted by Gasteiger charge is 2.26. The molecule has 198 valence electrons. The fourth-order valence-electron chi connectivity index (χ4n) is 4.55. The van der Waals surface area contributed by atoms with Gasteiger partial charge in [-0.2, -0.15) is 0 Å². The molecule has 1 aliphatic heterocycles. The van der Waals surface area contributed by atoms with Crippen LogP contribution in [0.15, 0.2) is 115 Å². The van der Waals surface area contributed by atoms with Crippen LogP contribution in [0.1, 0.15) is 23.4 Å². The Hall–Kier alpha value is -3.90. The van der Waals surface area contributed by atoms with Gasteiger partial charge in [-0.15, -0.1) is 0 Å².